The monoisotopic (exact) mass is 312 g/mol. The first-order chi connectivity index (χ1) is 8.56. The quantitative estimate of drug-likeness (QED) is 0.729. The van der Waals surface area contributed by atoms with Crippen LogP contribution in [0, 0.1) is 0 Å². The average molecular weight is 313 g/mol. The van der Waals surface area contributed by atoms with Gasteiger partial charge in [0, 0.05) is 17.4 Å². The smallest absolute Gasteiger partial charge is 0.243 e. The van der Waals surface area contributed by atoms with E-state index in [1.165, 1.54) is 0 Å². The minimum absolute atomic E-state index is 0.179. The van der Waals surface area contributed by atoms with Crippen molar-refractivity contribution in [3.05, 3.63) is 28.2 Å². The number of carbonyl (C=O) groups excluding carboxylic acids is 2. The van der Waals surface area contributed by atoms with Gasteiger partial charge in [0.15, 0.2) is 0 Å². The normalized spacial score (nSPS) is 19.7. The largest absolute Gasteiger partial charge is 0.508 e. The van der Waals surface area contributed by atoms with Crippen molar-refractivity contribution < 1.29 is 14.7 Å². The lowest BCUT2D eigenvalue weighted by molar-refractivity contribution is -0.134. The fraction of sp³-hybridized carbons (Fsp3) is 0.333. The van der Waals surface area contributed by atoms with Crippen LogP contribution in [0.1, 0.15) is 18.4 Å². The van der Waals surface area contributed by atoms with Gasteiger partial charge in [-0.2, -0.15) is 0 Å². The fourth-order valence-corrected chi connectivity index (χ4v) is 2.20. The minimum Gasteiger partial charge on any atom is -0.508 e. The molecule has 6 heteroatoms. The Morgan fingerprint density at radius 3 is 2.94 bits per heavy atom. The number of carbonyl (C=O) groups is 2. The maximum absolute atomic E-state index is 11.5. The Kier molecular flexibility index (Phi) is 3.98. The Morgan fingerprint density at radius 2 is 2.22 bits per heavy atom. The number of amides is 2. The van der Waals surface area contributed by atoms with E-state index in [1.54, 1.807) is 18.2 Å². The molecule has 0 spiro atoms. The second-order valence-corrected chi connectivity index (χ2v) is 5.01. The zero-order valence-corrected chi connectivity index (χ0v) is 11.2. The lowest BCUT2D eigenvalue weighted by Crippen LogP contribution is -2.50. The molecule has 1 aromatic rings. The van der Waals surface area contributed by atoms with E-state index in [2.05, 4.69) is 26.6 Å². The van der Waals surface area contributed by atoms with E-state index in [0.29, 0.717) is 19.4 Å². The van der Waals surface area contributed by atoms with E-state index < -0.39 is 0 Å². The molecule has 2 amide bonds. The summed E-state index contributed by atoms with van der Waals surface area (Å²) < 4.78 is 0.861. The molecule has 0 radical (unpaired) electrons. The van der Waals surface area contributed by atoms with Gasteiger partial charge in [-0.05, 0) is 30.2 Å². The van der Waals surface area contributed by atoms with Gasteiger partial charge in [0.1, 0.15) is 5.75 Å². The molecule has 0 aliphatic carbocycles. The summed E-state index contributed by atoms with van der Waals surface area (Å²) in [6.45, 7) is 0.446. The molecule has 1 aromatic carbocycles. The summed E-state index contributed by atoms with van der Waals surface area (Å²) in [5.41, 5.74) is 0.861. The number of aromatic hydroxyl groups is 1. The lowest BCUT2D eigenvalue weighted by Gasteiger charge is -2.22. The molecule has 3 N–H and O–H groups in total. The van der Waals surface area contributed by atoms with Gasteiger partial charge in [-0.3, -0.25) is 14.9 Å². The highest BCUT2D eigenvalue weighted by Crippen LogP contribution is 2.21. The maximum Gasteiger partial charge on any atom is 0.243 e. The van der Waals surface area contributed by atoms with E-state index in [0.717, 1.165) is 10.0 Å². The van der Waals surface area contributed by atoms with Crippen LogP contribution in [0.3, 0.4) is 0 Å². The molecule has 1 atom stereocenters. The second kappa shape index (κ2) is 5.49. The molecule has 1 unspecified atom stereocenters. The highest BCUT2D eigenvalue weighted by molar-refractivity contribution is 9.10. The Labute approximate surface area is 113 Å². The number of rotatable bonds is 3. The Bertz CT molecular complexity index is 490. The summed E-state index contributed by atoms with van der Waals surface area (Å²) in [7, 11) is 0. The Balaban J connectivity index is 1.97. The number of hydrogen-bond acceptors (Lipinski definition) is 4. The highest BCUT2D eigenvalue weighted by atomic mass is 79.9. The van der Waals surface area contributed by atoms with Gasteiger partial charge in [-0.25, -0.2) is 0 Å². The van der Waals surface area contributed by atoms with Gasteiger partial charge < -0.3 is 10.4 Å². The van der Waals surface area contributed by atoms with Crippen molar-refractivity contribution in [2.75, 3.05) is 0 Å². The van der Waals surface area contributed by atoms with Gasteiger partial charge in [-0.15, -0.1) is 0 Å². The Hall–Kier alpha value is -1.40. The number of phenols is 1. The van der Waals surface area contributed by atoms with Crippen LogP contribution in [0.15, 0.2) is 22.7 Å². The van der Waals surface area contributed by atoms with Crippen molar-refractivity contribution >= 4 is 27.7 Å². The summed E-state index contributed by atoms with van der Waals surface area (Å²) in [4.78, 5) is 22.5. The molecule has 1 heterocycles. The predicted molar refractivity (Wildman–Crippen MR) is 68.8 cm³/mol. The lowest BCUT2D eigenvalue weighted by atomic mass is 10.1. The molecule has 1 saturated heterocycles. The second-order valence-electron chi connectivity index (χ2n) is 4.16. The van der Waals surface area contributed by atoms with Crippen LogP contribution in [0.5, 0.6) is 5.75 Å². The molecule has 0 aromatic heterocycles. The third-order valence-corrected chi connectivity index (χ3v) is 3.58. The first-order valence-corrected chi connectivity index (χ1v) is 6.40. The molecule has 2 rings (SSSR count). The van der Waals surface area contributed by atoms with E-state index in [1.807, 2.05) is 0 Å². The van der Waals surface area contributed by atoms with Crippen LogP contribution in [-0.4, -0.2) is 23.0 Å². The van der Waals surface area contributed by atoms with Gasteiger partial charge in [0.05, 0.1) is 6.04 Å². The summed E-state index contributed by atoms with van der Waals surface area (Å²) in [5.74, 6) is -0.336. The minimum atomic E-state index is -0.364. The van der Waals surface area contributed by atoms with Crippen LogP contribution in [0.2, 0.25) is 0 Å². The number of nitrogens with one attached hydrogen (secondary N) is 2. The molecular weight excluding hydrogens is 300 g/mol. The summed E-state index contributed by atoms with van der Waals surface area (Å²) in [6, 6.07) is 4.59. The zero-order chi connectivity index (χ0) is 13.1. The van der Waals surface area contributed by atoms with Crippen LogP contribution in [0.25, 0.3) is 0 Å². The highest BCUT2D eigenvalue weighted by Gasteiger charge is 2.25. The van der Waals surface area contributed by atoms with E-state index >= 15 is 0 Å². The van der Waals surface area contributed by atoms with Gasteiger partial charge in [0.2, 0.25) is 11.8 Å². The molecule has 5 nitrogen and oxygen atoms in total. The molecule has 96 valence electrons. The first kappa shape index (κ1) is 13.0. The van der Waals surface area contributed by atoms with Crippen molar-refractivity contribution in [3.8, 4) is 5.75 Å². The van der Waals surface area contributed by atoms with Gasteiger partial charge in [-0.1, -0.05) is 15.9 Å². The standard InChI is InChI=1S/C12H13BrN2O3/c13-9-2-1-8(16)5-7(9)6-14-10-3-4-11(17)15-12(10)18/h1-2,5,10,14,16H,3-4,6H2,(H,15,17,18). The molecule has 1 fully saturated rings. The number of benzene rings is 1. The van der Waals surface area contributed by atoms with Crippen molar-refractivity contribution in [3.63, 3.8) is 0 Å². The third-order valence-electron chi connectivity index (χ3n) is 2.81. The molecule has 0 saturated carbocycles. The summed E-state index contributed by atoms with van der Waals surface area (Å²) >= 11 is 3.37. The van der Waals surface area contributed by atoms with E-state index in [-0.39, 0.29) is 23.6 Å². The summed E-state index contributed by atoms with van der Waals surface area (Å²) in [6.07, 6.45) is 0.853. The van der Waals surface area contributed by atoms with Crippen molar-refractivity contribution in [1.82, 2.24) is 10.6 Å². The van der Waals surface area contributed by atoms with E-state index in [4.69, 9.17) is 0 Å². The maximum atomic E-state index is 11.5. The van der Waals surface area contributed by atoms with Crippen LogP contribution >= 0.6 is 15.9 Å². The molecule has 18 heavy (non-hydrogen) atoms. The van der Waals surface area contributed by atoms with Gasteiger partial charge >= 0.3 is 0 Å². The van der Waals surface area contributed by atoms with E-state index in [9.17, 15) is 14.7 Å². The molecule has 1 aliphatic rings. The average Bonchev–Trinajstić information content (AvgIpc) is 2.32. The predicted octanol–water partition coefficient (Wildman–Crippen LogP) is 1.05. The Morgan fingerprint density at radius 1 is 1.44 bits per heavy atom. The molecule has 1 aliphatic heterocycles. The first-order valence-electron chi connectivity index (χ1n) is 5.61. The van der Waals surface area contributed by atoms with Crippen molar-refractivity contribution in [2.24, 2.45) is 0 Å². The van der Waals surface area contributed by atoms with Crippen LogP contribution < -0.4 is 10.6 Å². The topological polar surface area (TPSA) is 78.4 Å². The number of halogens is 1. The van der Waals surface area contributed by atoms with Crippen molar-refractivity contribution in [2.45, 2.75) is 25.4 Å². The number of hydrogen-bond donors (Lipinski definition) is 3. The van der Waals surface area contributed by atoms with Crippen molar-refractivity contribution in [1.29, 1.82) is 0 Å². The number of piperidine rings is 1. The number of phenolic OH excluding ortho intramolecular Hbond substituents is 1. The van der Waals surface area contributed by atoms with Gasteiger partial charge in [0.25, 0.3) is 0 Å². The summed E-state index contributed by atoms with van der Waals surface area (Å²) in [5, 5.41) is 14.7. The van der Waals surface area contributed by atoms with Crippen LogP contribution in [0.4, 0.5) is 0 Å². The SMILES string of the molecule is O=C1CCC(NCc2cc(O)ccc2Br)C(=O)N1. The van der Waals surface area contributed by atoms with Crippen LogP contribution in [-0.2, 0) is 16.1 Å². The molecule has 0 bridgehead atoms. The zero-order valence-electron chi connectivity index (χ0n) is 9.57. The third kappa shape index (κ3) is 3.08. The molecular formula is C12H13BrN2O3. The number of imide groups is 1. The fourth-order valence-electron chi connectivity index (χ4n) is 1.82.